The highest BCUT2D eigenvalue weighted by molar-refractivity contribution is 14.1. The molecule has 4 nitrogen and oxygen atoms in total. The molecular formula is C14H13IN2O2. The number of carbonyl (C=O) groups excluding carboxylic acids is 1. The number of phenols is 1. The first-order valence-corrected chi connectivity index (χ1v) is 6.76. The minimum absolute atomic E-state index is 0.0449. The van der Waals surface area contributed by atoms with E-state index in [2.05, 4.69) is 33.2 Å². The number of urea groups is 1. The van der Waals surface area contributed by atoms with Crippen molar-refractivity contribution in [1.82, 2.24) is 0 Å². The van der Waals surface area contributed by atoms with Gasteiger partial charge in [0.25, 0.3) is 0 Å². The normalized spacial score (nSPS) is 10.0. The number of aromatic hydroxyl groups is 1. The largest absolute Gasteiger partial charge is 0.506 e. The van der Waals surface area contributed by atoms with Crippen molar-refractivity contribution in [1.29, 1.82) is 0 Å². The summed E-state index contributed by atoms with van der Waals surface area (Å²) in [5.74, 6) is 0.0449. The van der Waals surface area contributed by atoms with Crippen LogP contribution in [0, 0.1) is 10.5 Å². The lowest BCUT2D eigenvalue weighted by atomic mass is 10.2. The zero-order chi connectivity index (χ0) is 13.8. The van der Waals surface area contributed by atoms with Gasteiger partial charge in [0.1, 0.15) is 5.75 Å². The maximum Gasteiger partial charge on any atom is 0.323 e. The number of carbonyl (C=O) groups is 1. The molecule has 0 aliphatic carbocycles. The van der Waals surface area contributed by atoms with E-state index >= 15 is 0 Å². The highest BCUT2D eigenvalue weighted by atomic mass is 127. The summed E-state index contributed by atoms with van der Waals surface area (Å²) in [7, 11) is 0. The standard InChI is InChI=1S/C14H13IN2O2/c1-9-6-7-13(18)12(8-9)17-14(19)16-11-5-3-2-4-10(11)15/h2-8,18H,1H3,(H2,16,17,19). The van der Waals surface area contributed by atoms with Crippen molar-refractivity contribution < 1.29 is 9.90 Å². The summed E-state index contributed by atoms with van der Waals surface area (Å²) in [5.41, 5.74) is 2.08. The van der Waals surface area contributed by atoms with Crippen LogP contribution in [0.25, 0.3) is 0 Å². The van der Waals surface area contributed by atoms with Crippen LogP contribution < -0.4 is 10.6 Å². The number of rotatable bonds is 2. The van der Waals surface area contributed by atoms with Gasteiger partial charge in [-0.05, 0) is 59.3 Å². The lowest BCUT2D eigenvalue weighted by molar-refractivity contribution is 0.262. The number of nitrogens with one attached hydrogen (secondary N) is 2. The van der Waals surface area contributed by atoms with E-state index in [4.69, 9.17) is 0 Å². The second-order valence-corrected chi connectivity index (χ2v) is 5.24. The van der Waals surface area contributed by atoms with Crippen LogP contribution in [-0.4, -0.2) is 11.1 Å². The van der Waals surface area contributed by atoms with Gasteiger partial charge in [-0.1, -0.05) is 18.2 Å². The SMILES string of the molecule is Cc1ccc(O)c(NC(=O)Nc2ccccc2I)c1. The van der Waals surface area contributed by atoms with Crippen LogP contribution in [0.15, 0.2) is 42.5 Å². The molecule has 0 radical (unpaired) electrons. The van der Waals surface area contributed by atoms with Gasteiger partial charge in [-0.25, -0.2) is 4.79 Å². The summed E-state index contributed by atoms with van der Waals surface area (Å²) in [6.45, 7) is 1.89. The Hall–Kier alpha value is -1.76. The smallest absolute Gasteiger partial charge is 0.323 e. The topological polar surface area (TPSA) is 61.4 Å². The number of para-hydroxylation sites is 1. The molecule has 2 amide bonds. The highest BCUT2D eigenvalue weighted by Crippen LogP contribution is 2.24. The minimum atomic E-state index is -0.384. The molecule has 0 aromatic heterocycles. The molecule has 0 atom stereocenters. The maximum absolute atomic E-state index is 11.9. The van der Waals surface area contributed by atoms with E-state index in [9.17, 15) is 9.90 Å². The molecule has 0 aliphatic rings. The summed E-state index contributed by atoms with van der Waals surface area (Å²) in [6.07, 6.45) is 0. The van der Waals surface area contributed by atoms with Gasteiger partial charge in [-0.3, -0.25) is 0 Å². The monoisotopic (exact) mass is 368 g/mol. The zero-order valence-corrected chi connectivity index (χ0v) is 12.4. The summed E-state index contributed by atoms with van der Waals surface area (Å²) in [5, 5.41) is 15.0. The van der Waals surface area contributed by atoms with Crippen molar-refractivity contribution in [3.05, 3.63) is 51.6 Å². The fourth-order valence-corrected chi connectivity index (χ4v) is 2.11. The Kier molecular flexibility index (Phi) is 4.26. The van der Waals surface area contributed by atoms with Crippen LogP contribution in [0.2, 0.25) is 0 Å². The minimum Gasteiger partial charge on any atom is -0.506 e. The van der Waals surface area contributed by atoms with Gasteiger partial charge in [0.05, 0.1) is 11.4 Å². The fraction of sp³-hybridized carbons (Fsp3) is 0.0714. The fourth-order valence-electron chi connectivity index (χ4n) is 1.59. The molecule has 2 aromatic rings. The van der Waals surface area contributed by atoms with Gasteiger partial charge in [-0.15, -0.1) is 0 Å². The Balaban J connectivity index is 2.10. The van der Waals surface area contributed by atoms with Gasteiger partial charge < -0.3 is 15.7 Å². The molecule has 3 N–H and O–H groups in total. The third kappa shape index (κ3) is 3.60. The second kappa shape index (κ2) is 5.92. The first kappa shape index (κ1) is 13.7. The predicted molar refractivity (Wildman–Crippen MR) is 84.6 cm³/mol. The van der Waals surface area contributed by atoms with E-state index in [1.54, 1.807) is 18.2 Å². The van der Waals surface area contributed by atoms with Gasteiger partial charge in [-0.2, -0.15) is 0 Å². The van der Waals surface area contributed by atoms with Crippen molar-refractivity contribution in [2.24, 2.45) is 0 Å². The van der Waals surface area contributed by atoms with E-state index in [-0.39, 0.29) is 11.8 Å². The molecule has 0 spiro atoms. The van der Waals surface area contributed by atoms with Crippen molar-refractivity contribution in [2.75, 3.05) is 10.6 Å². The number of hydrogen-bond acceptors (Lipinski definition) is 2. The number of phenolic OH excluding ortho intramolecular Hbond substituents is 1. The molecule has 2 rings (SSSR count). The predicted octanol–water partition coefficient (Wildman–Crippen LogP) is 3.95. The summed E-state index contributed by atoms with van der Waals surface area (Å²) >= 11 is 2.14. The average molecular weight is 368 g/mol. The molecule has 2 aromatic carbocycles. The van der Waals surface area contributed by atoms with E-state index in [1.165, 1.54) is 0 Å². The number of halogens is 1. The number of aryl methyl sites for hydroxylation is 1. The zero-order valence-electron chi connectivity index (χ0n) is 10.3. The molecule has 0 aliphatic heterocycles. The van der Waals surface area contributed by atoms with E-state index < -0.39 is 0 Å². The molecule has 0 fully saturated rings. The number of anilines is 2. The van der Waals surface area contributed by atoms with Crippen LogP contribution in [0.1, 0.15) is 5.56 Å². The molecular weight excluding hydrogens is 355 g/mol. The van der Waals surface area contributed by atoms with Crippen LogP contribution in [0.5, 0.6) is 5.75 Å². The number of benzene rings is 2. The second-order valence-electron chi connectivity index (χ2n) is 4.08. The Labute approximate surface area is 125 Å². The highest BCUT2D eigenvalue weighted by Gasteiger charge is 2.08. The maximum atomic E-state index is 11.9. The number of hydrogen-bond donors (Lipinski definition) is 3. The quantitative estimate of drug-likeness (QED) is 0.555. The summed E-state index contributed by atoms with van der Waals surface area (Å²) in [4.78, 5) is 11.9. The molecule has 5 heteroatoms. The first-order chi connectivity index (χ1) is 9.06. The van der Waals surface area contributed by atoms with Crippen molar-refractivity contribution in [3.8, 4) is 5.75 Å². The lowest BCUT2D eigenvalue weighted by Gasteiger charge is -2.10. The van der Waals surface area contributed by atoms with Crippen LogP contribution in [0.3, 0.4) is 0 Å². The third-order valence-corrected chi connectivity index (χ3v) is 3.46. The first-order valence-electron chi connectivity index (χ1n) is 5.68. The van der Waals surface area contributed by atoms with Gasteiger partial charge in [0.15, 0.2) is 0 Å². The molecule has 0 bridgehead atoms. The van der Waals surface area contributed by atoms with Crippen molar-refractivity contribution in [2.45, 2.75) is 6.92 Å². The molecule has 19 heavy (non-hydrogen) atoms. The molecule has 98 valence electrons. The van der Waals surface area contributed by atoms with Crippen molar-refractivity contribution in [3.63, 3.8) is 0 Å². The van der Waals surface area contributed by atoms with Crippen LogP contribution in [0.4, 0.5) is 16.2 Å². The lowest BCUT2D eigenvalue weighted by Crippen LogP contribution is -2.20. The third-order valence-electron chi connectivity index (χ3n) is 2.52. The van der Waals surface area contributed by atoms with E-state index in [0.29, 0.717) is 5.69 Å². The van der Waals surface area contributed by atoms with E-state index in [0.717, 1.165) is 14.8 Å². The molecule has 0 unspecified atom stereocenters. The van der Waals surface area contributed by atoms with Gasteiger partial charge >= 0.3 is 6.03 Å². The Morgan fingerprint density at radius 2 is 1.79 bits per heavy atom. The number of amides is 2. The van der Waals surface area contributed by atoms with E-state index in [1.807, 2.05) is 31.2 Å². The van der Waals surface area contributed by atoms with Gasteiger partial charge in [0.2, 0.25) is 0 Å². The molecule has 0 saturated carbocycles. The molecule has 0 heterocycles. The summed E-state index contributed by atoms with van der Waals surface area (Å²) < 4.78 is 0.948. The summed E-state index contributed by atoms with van der Waals surface area (Å²) in [6, 6.07) is 12.1. The van der Waals surface area contributed by atoms with Crippen LogP contribution in [-0.2, 0) is 0 Å². The van der Waals surface area contributed by atoms with Crippen LogP contribution >= 0.6 is 22.6 Å². The Morgan fingerprint density at radius 3 is 2.53 bits per heavy atom. The Morgan fingerprint density at radius 1 is 1.11 bits per heavy atom. The Bertz CT molecular complexity index is 614. The molecule has 0 saturated heterocycles. The van der Waals surface area contributed by atoms with Gasteiger partial charge in [0, 0.05) is 3.57 Å². The average Bonchev–Trinajstić information content (AvgIpc) is 2.37. The van der Waals surface area contributed by atoms with Crippen molar-refractivity contribution >= 4 is 40.0 Å².